The van der Waals surface area contributed by atoms with Crippen LogP contribution in [0.3, 0.4) is 0 Å². The number of aryl methyl sites for hydroxylation is 2. The third kappa shape index (κ3) is 6.19. The van der Waals surface area contributed by atoms with Gasteiger partial charge >= 0.3 is 296 Å². The number of hydrogen-bond acceptors (Lipinski definition) is 0. The average Bonchev–Trinajstić information content (AvgIpc) is 3.67. The Balaban J connectivity index is 1.47. The quantitative estimate of drug-likeness (QED) is 0.129. The van der Waals surface area contributed by atoms with Gasteiger partial charge in [-0.15, -0.1) is 0 Å². The van der Waals surface area contributed by atoms with Crippen LogP contribution in [0.2, 0.25) is 15.4 Å². The number of rotatable bonds is 7. The van der Waals surface area contributed by atoms with Gasteiger partial charge in [-0.1, -0.05) is 0 Å². The molecule has 0 aromatic heterocycles. The minimum absolute atomic E-state index is 0.152. The number of fused-ring (bicyclic) bond motifs is 2. The molecular weight excluding hydrogens is 759 g/mol. The summed E-state index contributed by atoms with van der Waals surface area (Å²) in [5, 5.41) is 0. The van der Waals surface area contributed by atoms with Gasteiger partial charge in [-0.25, -0.2) is 0 Å². The van der Waals surface area contributed by atoms with Crippen LogP contribution in [0.25, 0.3) is 34.4 Å². The Bertz CT molecular complexity index is 1880. The van der Waals surface area contributed by atoms with Gasteiger partial charge in [0.05, 0.1) is 0 Å². The van der Waals surface area contributed by atoms with E-state index in [0.717, 1.165) is 0 Å². The van der Waals surface area contributed by atoms with Gasteiger partial charge < -0.3 is 0 Å². The van der Waals surface area contributed by atoms with E-state index in [-0.39, 0.29) is 10.8 Å². The molecule has 0 radical (unpaired) electrons. The zero-order valence-electron chi connectivity index (χ0n) is 31.6. The fourth-order valence-electron chi connectivity index (χ4n) is 8.80. The van der Waals surface area contributed by atoms with Crippen molar-refractivity contribution in [2.24, 2.45) is 0 Å². The fourth-order valence-corrected chi connectivity index (χ4v) is 48.4. The van der Waals surface area contributed by atoms with Crippen molar-refractivity contribution < 1.29 is 17.1 Å². The fraction of sp³-hybridized carbons (Fsp3) is 0.391. The normalized spacial score (nSPS) is 17.5. The molecule has 4 aromatic carbocycles. The van der Waals surface area contributed by atoms with Crippen molar-refractivity contribution in [3.63, 3.8) is 0 Å². The molecule has 250 valence electrons. The molecule has 0 aliphatic heterocycles. The summed E-state index contributed by atoms with van der Waals surface area (Å²) in [6.45, 7) is 20.8. The molecule has 2 aliphatic carbocycles. The van der Waals surface area contributed by atoms with E-state index in [2.05, 4.69) is 169 Å². The molecule has 0 heterocycles. The van der Waals surface area contributed by atoms with Crippen molar-refractivity contribution >= 4 is 18.4 Å². The number of unbranched alkanes of at least 4 members (excludes halogenated alkanes) is 1. The van der Waals surface area contributed by atoms with Gasteiger partial charge in [0.15, 0.2) is 0 Å². The Morgan fingerprint density at radius 2 is 1.04 bits per heavy atom. The van der Waals surface area contributed by atoms with Crippen LogP contribution in [0.15, 0.2) is 84.9 Å². The Hall–Kier alpha value is -2.55. The first kappa shape index (κ1) is 35.3. The molecule has 0 bridgehead atoms. The van der Waals surface area contributed by atoms with E-state index in [1.807, 2.05) is 0 Å². The second-order valence-electron chi connectivity index (χ2n) is 17.9. The molecule has 0 N–H and O–H groups in total. The summed E-state index contributed by atoms with van der Waals surface area (Å²) < 4.78 is 6.86. The summed E-state index contributed by atoms with van der Waals surface area (Å²) in [4.78, 5) is 0. The Labute approximate surface area is 294 Å². The van der Waals surface area contributed by atoms with Gasteiger partial charge in [-0.2, -0.15) is 0 Å². The molecule has 0 fully saturated rings. The summed E-state index contributed by atoms with van der Waals surface area (Å²) in [7, 11) is 0. The van der Waals surface area contributed by atoms with Crippen LogP contribution in [-0.2, 0) is 28.0 Å². The monoisotopic (exact) mass is 818 g/mol. The van der Waals surface area contributed by atoms with Crippen molar-refractivity contribution in [3.8, 4) is 22.3 Å². The molecule has 2 atom stereocenters. The Morgan fingerprint density at radius 1 is 0.604 bits per heavy atom. The maximum atomic E-state index is 2.86. The van der Waals surface area contributed by atoms with E-state index in [9.17, 15) is 0 Å². The van der Waals surface area contributed by atoms with Crippen LogP contribution in [0.4, 0.5) is 0 Å². The van der Waals surface area contributed by atoms with E-state index < -0.39 is 17.1 Å². The van der Waals surface area contributed by atoms with E-state index >= 15 is 0 Å². The molecule has 0 saturated heterocycles. The Morgan fingerprint density at radius 3 is 1.42 bits per heavy atom. The zero-order valence-corrected chi connectivity index (χ0v) is 36.3. The second-order valence-corrected chi connectivity index (χ2v) is 62.3. The topological polar surface area (TPSA) is 0 Å². The predicted molar refractivity (Wildman–Crippen MR) is 213 cm³/mol. The van der Waals surface area contributed by atoms with Crippen LogP contribution in [0.1, 0.15) is 113 Å². The third-order valence-corrected chi connectivity index (χ3v) is 54.5. The number of benzene rings is 4. The van der Waals surface area contributed by atoms with Crippen molar-refractivity contribution in [1.82, 2.24) is 0 Å². The SMILES string of the molecule is CCCC[SiH]=[Hf]([CH3])([CH3])([CH]1C=Cc2c(-c3ccc(C(C)(C)C)cc3C)cccc21)[CH]1C=Cc2c(-c3ccc(C(C)(C)C)cc3C)cccc21. The molecule has 0 nitrogen and oxygen atoms in total. The summed E-state index contributed by atoms with van der Waals surface area (Å²) in [6, 6.07) is 30.2. The summed E-state index contributed by atoms with van der Waals surface area (Å²) in [6.07, 6.45) is 13.4. The molecule has 2 heteroatoms. The van der Waals surface area contributed by atoms with Crippen molar-refractivity contribution in [3.05, 3.63) is 129 Å². The van der Waals surface area contributed by atoms with E-state index in [4.69, 9.17) is 0 Å². The summed E-state index contributed by atoms with van der Waals surface area (Å²) in [5.41, 5.74) is 17.6. The first-order chi connectivity index (χ1) is 22.5. The van der Waals surface area contributed by atoms with E-state index in [0.29, 0.717) is 13.6 Å². The third-order valence-electron chi connectivity index (χ3n) is 11.9. The van der Waals surface area contributed by atoms with Crippen LogP contribution in [0, 0.1) is 13.8 Å². The van der Waals surface area contributed by atoms with Gasteiger partial charge in [0.25, 0.3) is 0 Å². The van der Waals surface area contributed by atoms with E-state index in [1.54, 1.807) is 11.1 Å². The standard InChI is InChI=1S/2C20H21.C4H10Si.2CH3.Hf/c2*1-14-13-16(20(2,3)4)11-12-17(14)19-10-6-8-15-7-5-9-18(15)19;1-2-3-4-5;;;/h2*5-13H,1-4H3;5H,2-4H2,1H3;2*1H3;. The van der Waals surface area contributed by atoms with Crippen LogP contribution >= 0.6 is 0 Å². The van der Waals surface area contributed by atoms with E-state index in [1.165, 1.54) is 74.5 Å². The molecule has 0 saturated carbocycles. The van der Waals surface area contributed by atoms with Crippen molar-refractivity contribution in [2.75, 3.05) is 0 Å². The van der Waals surface area contributed by atoms with Crippen molar-refractivity contribution in [1.29, 1.82) is 0 Å². The molecule has 48 heavy (non-hydrogen) atoms. The number of hydrogen-bond donors (Lipinski definition) is 0. The summed E-state index contributed by atoms with van der Waals surface area (Å²) in [5.74, 6) is 0. The number of allylic oxidation sites excluding steroid dienone is 2. The predicted octanol–water partition coefficient (Wildman–Crippen LogP) is 13.4. The van der Waals surface area contributed by atoms with Crippen LogP contribution < -0.4 is 0 Å². The van der Waals surface area contributed by atoms with Crippen LogP contribution in [-0.4, -0.2) is 6.22 Å². The second kappa shape index (κ2) is 12.6. The van der Waals surface area contributed by atoms with Gasteiger partial charge in [-0.05, 0) is 0 Å². The van der Waals surface area contributed by atoms with Crippen molar-refractivity contribution in [2.45, 2.75) is 109 Å². The molecule has 0 spiro atoms. The molecule has 2 unspecified atom stereocenters. The van der Waals surface area contributed by atoms with Gasteiger partial charge in [0.1, 0.15) is 0 Å². The Kier molecular flexibility index (Phi) is 9.30. The summed E-state index contributed by atoms with van der Waals surface area (Å²) >= 11 is -3.74. The molecular formula is C46H58HfSi. The first-order valence-electron chi connectivity index (χ1n) is 18.4. The molecule has 6 rings (SSSR count). The zero-order chi connectivity index (χ0) is 34.7. The van der Waals surface area contributed by atoms with Gasteiger partial charge in [0, 0.05) is 0 Å². The first-order valence-corrected chi connectivity index (χ1v) is 37.4. The van der Waals surface area contributed by atoms with Gasteiger partial charge in [0.2, 0.25) is 0 Å². The average molecular weight is 818 g/mol. The minimum atomic E-state index is -3.74. The van der Waals surface area contributed by atoms with Crippen LogP contribution in [0.5, 0.6) is 0 Å². The van der Waals surface area contributed by atoms with Gasteiger partial charge in [-0.3, -0.25) is 0 Å². The molecule has 2 aliphatic rings. The molecule has 0 amide bonds. The maximum absolute atomic E-state index is 3.74. The molecule has 4 aromatic rings.